The molecule has 0 amide bonds. The molecule has 6 heteroatoms. The minimum absolute atomic E-state index is 0.253. The number of halogens is 3. The van der Waals surface area contributed by atoms with Gasteiger partial charge in [-0.15, -0.1) is 0 Å². The fraction of sp³-hybridized carbons (Fsp3) is 0. The lowest BCUT2D eigenvalue weighted by Crippen LogP contribution is -1.89. The van der Waals surface area contributed by atoms with Crippen molar-refractivity contribution in [2.45, 2.75) is 0 Å². The molecule has 0 heterocycles. The average Bonchev–Trinajstić information content (AvgIpc) is 2.39. The van der Waals surface area contributed by atoms with Crippen molar-refractivity contribution >= 4 is 39.6 Å². The molecule has 0 aliphatic carbocycles. The second-order valence-electron chi connectivity index (χ2n) is 4.07. The third kappa shape index (κ3) is 4.58. The third-order valence-electron chi connectivity index (χ3n) is 2.43. The van der Waals surface area contributed by atoms with Crippen molar-refractivity contribution in [1.82, 2.24) is 0 Å². The van der Waals surface area contributed by atoms with Gasteiger partial charge in [0.1, 0.15) is 17.3 Å². The van der Waals surface area contributed by atoms with Crippen molar-refractivity contribution in [3.8, 4) is 11.5 Å². The number of carboxylic acids is 1. The normalized spacial score (nSPS) is 10.8. The SMILES string of the molecule is O=C(O)/C=C/c1cc(F)cc(Oc2ccc(Cl)cc2Br)c1. The predicted octanol–water partition coefficient (Wildman–Crippen LogP) is 5.13. The van der Waals surface area contributed by atoms with Gasteiger partial charge in [0.15, 0.2) is 0 Å². The Kier molecular flexibility index (Phi) is 4.98. The fourth-order valence-electron chi connectivity index (χ4n) is 1.59. The van der Waals surface area contributed by atoms with Crippen LogP contribution in [-0.2, 0) is 4.79 Å². The van der Waals surface area contributed by atoms with Gasteiger partial charge >= 0.3 is 5.97 Å². The maximum Gasteiger partial charge on any atom is 0.328 e. The summed E-state index contributed by atoms with van der Waals surface area (Å²) in [6.07, 6.45) is 2.21. The van der Waals surface area contributed by atoms with E-state index in [1.165, 1.54) is 24.3 Å². The van der Waals surface area contributed by atoms with Crippen LogP contribution < -0.4 is 4.74 Å². The van der Waals surface area contributed by atoms with Gasteiger partial charge in [0, 0.05) is 17.2 Å². The van der Waals surface area contributed by atoms with E-state index in [1.54, 1.807) is 18.2 Å². The maximum absolute atomic E-state index is 13.5. The lowest BCUT2D eigenvalue weighted by atomic mass is 10.2. The lowest BCUT2D eigenvalue weighted by Gasteiger charge is -2.09. The highest BCUT2D eigenvalue weighted by atomic mass is 79.9. The first-order chi connectivity index (χ1) is 9.94. The highest BCUT2D eigenvalue weighted by molar-refractivity contribution is 9.10. The van der Waals surface area contributed by atoms with Crippen LogP contribution in [0.15, 0.2) is 46.9 Å². The summed E-state index contributed by atoms with van der Waals surface area (Å²) in [6.45, 7) is 0. The molecular weight excluding hydrogens is 363 g/mol. The molecule has 0 aliphatic heterocycles. The Morgan fingerprint density at radius 3 is 2.71 bits per heavy atom. The van der Waals surface area contributed by atoms with Gasteiger partial charge in [-0.3, -0.25) is 0 Å². The van der Waals surface area contributed by atoms with Crippen molar-refractivity contribution in [2.75, 3.05) is 0 Å². The Morgan fingerprint density at radius 1 is 1.29 bits per heavy atom. The van der Waals surface area contributed by atoms with E-state index in [0.717, 1.165) is 6.08 Å². The summed E-state index contributed by atoms with van der Waals surface area (Å²) in [5, 5.41) is 9.12. The minimum atomic E-state index is -1.11. The molecular formula is C15H9BrClFO3. The zero-order valence-corrected chi connectivity index (χ0v) is 12.9. The fourth-order valence-corrected chi connectivity index (χ4v) is 2.36. The Morgan fingerprint density at radius 2 is 2.05 bits per heavy atom. The smallest absolute Gasteiger partial charge is 0.328 e. The number of aliphatic carboxylic acids is 1. The number of ether oxygens (including phenoxy) is 1. The molecule has 108 valence electrons. The summed E-state index contributed by atoms with van der Waals surface area (Å²) in [6, 6.07) is 8.89. The van der Waals surface area contributed by atoms with Gasteiger partial charge in [-0.1, -0.05) is 11.6 Å². The van der Waals surface area contributed by atoms with Crippen LogP contribution in [0.4, 0.5) is 4.39 Å². The number of benzene rings is 2. The highest BCUT2D eigenvalue weighted by Crippen LogP contribution is 2.32. The van der Waals surface area contributed by atoms with Crippen LogP contribution in [0.3, 0.4) is 0 Å². The zero-order chi connectivity index (χ0) is 15.4. The summed E-state index contributed by atoms with van der Waals surface area (Å²) < 4.78 is 19.7. The van der Waals surface area contributed by atoms with Crippen molar-refractivity contribution < 1.29 is 19.0 Å². The van der Waals surface area contributed by atoms with Gasteiger partial charge in [0.2, 0.25) is 0 Å². The van der Waals surface area contributed by atoms with Crippen molar-refractivity contribution in [3.63, 3.8) is 0 Å². The molecule has 0 saturated heterocycles. The van der Waals surface area contributed by atoms with Crippen molar-refractivity contribution in [3.05, 3.63) is 63.4 Å². The van der Waals surface area contributed by atoms with Crippen molar-refractivity contribution in [1.29, 1.82) is 0 Å². The zero-order valence-electron chi connectivity index (χ0n) is 10.5. The Labute approximate surface area is 133 Å². The molecule has 0 bridgehead atoms. The van der Waals surface area contributed by atoms with Crippen LogP contribution in [0.25, 0.3) is 6.08 Å². The summed E-state index contributed by atoms with van der Waals surface area (Å²) in [5.41, 5.74) is 0.387. The Bertz CT molecular complexity index is 716. The monoisotopic (exact) mass is 370 g/mol. The molecule has 0 aliphatic rings. The number of hydrogen-bond donors (Lipinski definition) is 1. The largest absolute Gasteiger partial charge is 0.478 e. The molecule has 2 aromatic rings. The highest BCUT2D eigenvalue weighted by Gasteiger charge is 2.06. The molecule has 21 heavy (non-hydrogen) atoms. The van der Waals surface area contributed by atoms with Crippen LogP contribution in [0.2, 0.25) is 5.02 Å². The minimum Gasteiger partial charge on any atom is -0.478 e. The van der Waals surface area contributed by atoms with Crippen LogP contribution >= 0.6 is 27.5 Å². The molecule has 0 fully saturated rings. The number of rotatable bonds is 4. The first-order valence-corrected chi connectivity index (χ1v) is 6.95. The van der Waals surface area contributed by atoms with Crippen LogP contribution in [0.5, 0.6) is 11.5 Å². The van der Waals surface area contributed by atoms with Gasteiger partial charge in [-0.25, -0.2) is 9.18 Å². The first kappa shape index (κ1) is 15.5. The molecule has 0 radical (unpaired) electrons. The van der Waals surface area contributed by atoms with Gasteiger partial charge in [0.05, 0.1) is 4.47 Å². The molecule has 1 N–H and O–H groups in total. The second kappa shape index (κ2) is 6.74. The first-order valence-electron chi connectivity index (χ1n) is 5.78. The van der Waals surface area contributed by atoms with Gasteiger partial charge in [-0.05, 0) is 57.9 Å². The van der Waals surface area contributed by atoms with E-state index in [-0.39, 0.29) is 5.75 Å². The maximum atomic E-state index is 13.5. The van der Waals surface area contributed by atoms with Gasteiger partial charge < -0.3 is 9.84 Å². The Balaban J connectivity index is 2.29. The van der Waals surface area contributed by atoms with Crippen molar-refractivity contribution in [2.24, 2.45) is 0 Å². The van der Waals surface area contributed by atoms with Gasteiger partial charge in [-0.2, -0.15) is 0 Å². The number of carboxylic acid groups (broad SMARTS) is 1. The molecule has 0 atom stereocenters. The average molecular weight is 372 g/mol. The van der Waals surface area contributed by atoms with Crippen LogP contribution in [0, 0.1) is 5.82 Å². The Hall–Kier alpha value is -1.85. The van der Waals surface area contributed by atoms with E-state index in [2.05, 4.69) is 15.9 Å². The van der Waals surface area contributed by atoms with E-state index < -0.39 is 11.8 Å². The number of hydrogen-bond acceptors (Lipinski definition) is 2. The summed E-state index contributed by atoms with van der Waals surface area (Å²) in [7, 11) is 0. The topological polar surface area (TPSA) is 46.5 Å². The summed E-state index contributed by atoms with van der Waals surface area (Å²) in [5.74, 6) is -0.911. The molecule has 0 unspecified atom stereocenters. The molecule has 0 saturated carbocycles. The van der Waals surface area contributed by atoms with E-state index in [1.807, 2.05) is 0 Å². The van der Waals surface area contributed by atoms with Crippen LogP contribution in [-0.4, -0.2) is 11.1 Å². The molecule has 2 rings (SSSR count). The lowest BCUT2D eigenvalue weighted by molar-refractivity contribution is -0.131. The molecule has 0 spiro atoms. The summed E-state index contributed by atoms with van der Waals surface area (Å²) >= 11 is 9.13. The number of carbonyl (C=O) groups is 1. The molecule has 3 nitrogen and oxygen atoms in total. The predicted molar refractivity (Wildman–Crippen MR) is 82.3 cm³/mol. The van der Waals surface area contributed by atoms with Crippen LogP contribution in [0.1, 0.15) is 5.56 Å². The van der Waals surface area contributed by atoms with Gasteiger partial charge in [0.25, 0.3) is 0 Å². The third-order valence-corrected chi connectivity index (χ3v) is 3.29. The standard InChI is InChI=1S/C15H9BrClFO3/c16-13-7-10(17)2-3-14(13)21-12-6-9(1-4-15(19)20)5-11(18)8-12/h1-8H,(H,19,20)/b4-1+. The van der Waals surface area contributed by atoms with E-state index in [4.69, 9.17) is 21.4 Å². The summed E-state index contributed by atoms with van der Waals surface area (Å²) in [4.78, 5) is 10.5. The van der Waals surface area contributed by atoms with E-state index in [0.29, 0.717) is 20.8 Å². The van der Waals surface area contributed by atoms with E-state index >= 15 is 0 Å². The molecule has 2 aromatic carbocycles. The van der Waals surface area contributed by atoms with E-state index in [9.17, 15) is 9.18 Å². The second-order valence-corrected chi connectivity index (χ2v) is 5.36. The quantitative estimate of drug-likeness (QED) is 0.758. The molecule has 0 aromatic heterocycles.